The van der Waals surface area contributed by atoms with Gasteiger partial charge in [-0.05, 0) is 12.1 Å². The van der Waals surface area contributed by atoms with Crippen molar-refractivity contribution in [1.29, 1.82) is 0 Å². The van der Waals surface area contributed by atoms with Crippen molar-refractivity contribution < 1.29 is 4.39 Å². The summed E-state index contributed by atoms with van der Waals surface area (Å²) in [6.45, 7) is 0. The lowest BCUT2D eigenvalue weighted by Crippen LogP contribution is -1.94. The van der Waals surface area contributed by atoms with Crippen LogP contribution in [0.5, 0.6) is 0 Å². The van der Waals surface area contributed by atoms with Crippen LogP contribution in [0.1, 0.15) is 0 Å². The maximum atomic E-state index is 13.8. The molecule has 4 nitrogen and oxygen atoms in total. The summed E-state index contributed by atoms with van der Waals surface area (Å²) in [5, 5.41) is 8.38. The number of nitrogens with zero attached hydrogens (tertiary/aromatic N) is 4. The molecule has 0 atom stereocenters. The fourth-order valence-electron chi connectivity index (χ4n) is 1.65. The first-order valence-electron chi connectivity index (χ1n) is 4.97. The Morgan fingerprint density at radius 3 is 2.78 bits per heavy atom. The molecule has 1 aromatic carbocycles. The van der Waals surface area contributed by atoms with Crippen molar-refractivity contribution in [2.75, 3.05) is 0 Å². The van der Waals surface area contributed by atoms with Gasteiger partial charge in [0, 0.05) is 6.07 Å². The third kappa shape index (κ3) is 1.72. The molecule has 2 heterocycles. The zero-order valence-electron chi connectivity index (χ0n) is 8.81. The highest BCUT2D eigenvalue weighted by Crippen LogP contribution is 2.29. The van der Waals surface area contributed by atoms with Gasteiger partial charge >= 0.3 is 0 Å². The molecule has 0 fully saturated rings. The monoisotopic (exact) mass is 282 g/mol. The normalized spacial score (nSPS) is 11.1. The van der Waals surface area contributed by atoms with Gasteiger partial charge in [0.15, 0.2) is 11.5 Å². The smallest absolute Gasteiger partial charge is 0.174 e. The number of halogens is 3. The Hall–Kier alpha value is -1.72. The molecule has 0 saturated heterocycles. The summed E-state index contributed by atoms with van der Waals surface area (Å²) in [6, 6.07) is 5.96. The molecule has 3 rings (SSSR count). The van der Waals surface area contributed by atoms with Gasteiger partial charge < -0.3 is 0 Å². The summed E-state index contributed by atoms with van der Waals surface area (Å²) < 4.78 is 15.3. The van der Waals surface area contributed by atoms with Crippen LogP contribution < -0.4 is 0 Å². The van der Waals surface area contributed by atoms with Crippen LogP contribution in [0.15, 0.2) is 30.6 Å². The Morgan fingerprint density at radius 2 is 2.00 bits per heavy atom. The van der Waals surface area contributed by atoms with Crippen molar-refractivity contribution in [3.63, 3.8) is 0 Å². The molecule has 0 radical (unpaired) electrons. The molecule has 0 aliphatic carbocycles. The number of benzene rings is 1. The van der Waals surface area contributed by atoms with Gasteiger partial charge in [-0.3, -0.25) is 4.40 Å². The van der Waals surface area contributed by atoms with Gasteiger partial charge in [0.25, 0.3) is 0 Å². The van der Waals surface area contributed by atoms with E-state index in [1.165, 1.54) is 28.9 Å². The zero-order valence-corrected chi connectivity index (χ0v) is 10.3. The van der Waals surface area contributed by atoms with Crippen LogP contribution in [-0.4, -0.2) is 19.6 Å². The van der Waals surface area contributed by atoms with Crippen LogP contribution in [0.4, 0.5) is 4.39 Å². The van der Waals surface area contributed by atoms with E-state index in [9.17, 15) is 4.39 Å². The van der Waals surface area contributed by atoms with E-state index in [0.29, 0.717) is 10.8 Å². The van der Waals surface area contributed by atoms with E-state index >= 15 is 0 Å². The average Bonchev–Trinajstić information content (AvgIpc) is 2.72. The molecule has 0 N–H and O–H groups in total. The molecule has 3 aromatic rings. The summed E-state index contributed by atoms with van der Waals surface area (Å²) >= 11 is 11.7. The van der Waals surface area contributed by atoms with Gasteiger partial charge in [-0.1, -0.05) is 29.3 Å². The molecule has 0 aliphatic rings. The number of rotatable bonds is 1. The summed E-state index contributed by atoms with van der Waals surface area (Å²) in [7, 11) is 0. The first-order chi connectivity index (χ1) is 8.66. The van der Waals surface area contributed by atoms with E-state index in [0.717, 1.165) is 0 Å². The summed E-state index contributed by atoms with van der Waals surface area (Å²) in [5.41, 5.74) is 0.667. The standard InChI is InChI=1S/C11H5Cl2FN4/c12-6-2-1-3-7(14)10(6)11-17-16-9-4-8(13)15-5-18(9)11/h1-5H. The molecule has 0 spiro atoms. The topological polar surface area (TPSA) is 43.1 Å². The van der Waals surface area contributed by atoms with Crippen molar-refractivity contribution in [2.24, 2.45) is 0 Å². The van der Waals surface area contributed by atoms with Crippen LogP contribution in [0.3, 0.4) is 0 Å². The van der Waals surface area contributed by atoms with E-state index in [-0.39, 0.29) is 16.4 Å². The fourth-order valence-corrected chi connectivity index (χ4v) is 2.04. The molecule has 0 unspecified atom stereocenters. The first kappa shape index (κ1) is 11.4. The minimum Gasteiger partial charge on any atom is -0.265 e. The average molecular weight is 283 g/mol. The van der Waals surface area contributed by atoms with Crippen molar-refractivity contribution in [1.82, 2.24) is 19.6 Å². The number of hydrogen-bond donors (Lipinski definition) is 0. The highest BCUT2D eigenvalue weighted by atomic mass is 35.5. The lowest BCUT2D eigenvalue weighted by molar-refractivity contribution is 0.629. The summed E-state index contributed by atoms with van der Waals surface area (Å²) in [4.78, 5) is 3.91. The molecule has 90 valence electrons. The Bertz CT molecular complexity index is 721. The third-order valence-corrected chi connectivity index (χ3v) is 2.97. The van der Waals surface area contributed by atoms with Gasteiger partial charge in [0.1, 0.15) is 17.3 Å². The van der Waals surface area contributed by atoms with Gasteiger partial charge in [-0.25, -0.2) is 9.37 Å². The Morgan fingerprint density at radius 1 is 1.17 bits per heavy atom. The highest BCUT2D eigenvalue weighted by molar-refractivity contribution is 6.33. The van der Waals surface area contributed by atoms with E-state index < -0.39 is 5.82 Å². The predicted molar refractivity (Wildman–Crippen MR) is 66.2 cm³/mol. The van der Waals surface area contributed by atoms with Gasteiger partial charge in [0.05, 0.1) is 10.6 Å². The van der Waals surface area contributed by atoms with Gasteiger partial charge in [-0.15, -0.1) is 10.2 Å². The maximum absolute atomic E-state index is 13.8. The summed E-state index contributed by atoms with van der Waals surface area (Å²) in [5.74, 6) is -0.177. The summed E-state index contributed by atoms with van der Waals surface area (Å²) in [6.07, 6.45) is 1.43. The Labute approximate surface area is 111 Å². The Kier molecular flexibility index (Phi) is 2.65. The number of hydrogen-bond acceptors (Lipinski definition) is 3. The predicted octanol–water partition coefficient (Wildman–Crippen LogP) is 3.24. The molecule has 18 heavy (non-hydrogen) atoms. The minimum atomic E-state index is -0.466. The largest absolute Gasteiger partial charge is 0.265 e. The molecule has 0 aliphatic heterocycles. The number of aromatic nitrogens is 4. The lowest BCUT2D eigenvalue weighted by Gasteiger charge is -2.03. The van der Waals surface area contributed by atoms with Crippen molar-refractivity contribution in [2.45, 2.75) is 0 Å². The fraction of sp³-hybridized carbons (Fsp3) is 0. The van der Waals surface area contributed by atoms with Crippen molar-refractivity contribution in [3.05, 3.63) is 46.6 Å². The lowest BCUT2D eigenvalue weighted by atomic mass is 10.2. The molecule has 0 bridgehead atoms. The van der Waals surface area contributed by atoms with Gasteiger partial charge in [-0.2, -0.15) is 0 Å². The van der Waals surface area contributed by atoms with Crippen LogP contribution in [0, 0.1) is 5.82 Å². The third-order valence-electron chi connectivity index (χ3n) is 2.45. The molecular formula is C11H5Cl2FN4. The molecule has 7 heteroatoms. The van der Waals surface area contributed by atoms with E-state index in [1.54, 1.807) is 6.07 Å². The highest BCUT2D eigenvalue weighted by Gasteiger charge is 2.16. The van der Waals surface area contributed by atoms with Crippen molar-refractivity contribution in [3.8, 4) is 11.4 Å². The van der Waals surface area contributed by atoms with E-state index in [1.807, 2.05) is 0 Å². The maximum Gasteiger partial charge on any atom is 0.174 e. The molecule has 0 amide bonds. The van der Waals surface area contributed by atoms with Crippen LogP contribution in [0.2, 0.25) is 10.2 Å². The molecular weight excluding hydrogens is 278 g/mol. The second-order valence-corrected chi connectivity index (χ2v) is 4.35. The quantitative estimate of drug-likeness (QED) is 0.644. The van der Waals surface area contributed by atoms with E-state index in [2.05, 4.69) is 15.2 Å². The van der Waals surface area contributed by atoms with Crippen molar-refractivity contribution >= 4 is 28.8 Å². The second-order valence-electron chi connectivity index (χ2n) is 3.56. The Balaban J connectivity index is 2.32. The number of fused-ring (bicyclic) bond motifs is 1. The zero-order chi connectivity index (χ0) is 12.7. The van der Waals surface area contributed by atoms with Crippen LogP contribution >= 0.6 is 23.2 Å². The van der Waals surface area contributed by atoms with Crippen LogP contribution in [-0.2, 0) is 0 Å². The molecule has 0 saturated carbocycles. The minimum absolute atomic E-state index is 0.191. The SMILES string of the molecule is Fc1cccc(Cl)c1-c1nnc2cc(Cl)ncn12. The van der Waals surface area contributed by atoms with E-state index in [4.69, 9.17) is 23.2 Å². The second kappa shape index (κ2) is 4.19. The van der Waals surface area contributed by atoms with Crippen LogP contribution in [0.25, 0.3) is 17.0 Å². The first-order valence-corrected chi connectivity index (χ1v) is 5.73. The van der Waals surface area contributed by atoms with Gasteiger partial charge in [0.2, 0.25) is 0 Å². The molecule has 2 aromatic heterocycles.